The van der Waals surface area contributed by atoms with E-state index in [4.69, 9.17) is 0 Å². The summed E-state index contributed by atoms with van der Waals surface area (Å²) in [5.74, 6) is -0.489. The van der Waals surface area contributed by atoms with E-state index in [-0.39, 0.29) is 23.5 Å². The monoisotopic (exact) mass is 417 g/mol. The predicted octanol–water partition coefficient (Wildman–Crippen LogP) is 1.86. The highest BCUT2D eigenvalue weighted by molar-refractivity contribution is 6.05. The molecule has 0 saturated carbocycles. The largest absolute Gasteiger partial charge is 0.338 e. The van der Waals surface area contributed by atoms with Gasteiger partial charge in [-0.1, -0.05) is 6.07 Å². The highest BCUT2D eigenvalue weighted by Gasteiger charge is 2.28. The van der Waals surface area contributed by atoms with Gasteiger partial charge >= 0.3 is 0 Å². The number of hydrogen-bond acceptors (Lipinski definition) is 5. The quantitative estimate of drug-likeness (QED) is 0.699. The number of nitrogens with one attached hydrogen (secondary N) is 1. The lowest BCUT2D eigenvalue weighted by Crippen LogP contribution is -2.40. The molecule has 1 aliphatic heterocycles. The summed E-state index contributed by atoms with van der Waals surface area (Å²) in [6, 6.07) is 7.28. The molecule has 4 rings (SSSR count). The number of carbonyl (C=O) groups is 2. The van der Waals surface area contributed by atoms with Crippen LogP contribution in [-0.2, 0) is 31.2 Å². The van der Waals surface area contributed by atoms with Crippen LogP contribution < -0.4 is 10.9 Å². The minimum Gasteiger partial charge on any atom is -0.338 e. The second-order valence-electron chi connectivity index (χ2n) is 7.63. The summed E-state index contributed by atoms with van der Waals surface area (Å²) in [5.41, 5.74) is 3.41. The molecule has 1 aliphatic rings. The van der Waals surface area contributed by atoms with E-state index >= 15 is 0 Å². The molecule has 0 atom stereocenters. The van der Waals surface area contributed by atoms with Crippen LogP contribution in [0.3, 0.4) is 0 Å². The molecule has 1 N–H and O–H groups in total. The molecule has 0 radical (unpaired) electrons. The minimum absolute atomic E-state index is 0.0322. The van der Waals surface area contributed by atoms with E-state index in [1.54, 1.807) is 42.8 Å². The standard InChI is InChI=1S/C23H23N5O3/c1-15-6-9-24-12-19(15)26-22(30)21-18-7-10-28(14-16(18)13-27(2)23(21)31)20(29)11-17-5-3-4-8-25-17/h3-6,8-9,12-13H,7,10-11,14H2,1-2H3,(H,26,30). The number of nitrogens with zero attached hydrogens (tertiary/aromatic N) is 4. The van der Waals surface area contributed by atoms with Gasteiger partial charge < -0.3 is 14.8 Å². The average molecular weight is 417 g/mol. The van der Waals surface area contributed by atoms with Gasteiger partial charge in [0.15, 0.2) is 0 Å². The maximum atomic E-state index is 13.0. The van der Waals surface area contributed by atoms with Gasteiger partial charge in [0, 0.05) is 44.4 Å². The smallest absolute Gasteiger partial charge is 0.263 e. The lowest BCUT2D eigenvalue weighted by atomic mass is 9.95. The molecule has 158 valence electrons. The van der Waals surface area contributed by atoms with Gasteiger partial charge in [-0.25, -0.2) is 0 Å². The van der Waals surface area contributed by atoms with Crippen molar-refractivity contribution in [1.29, 1.82) is 0 Å². The molecule has 0 unspecified atom stereocenters. The van der Waals surface area contributed by atoms with Crippen LogP contribution in [0.1, 0.15) is 32.7 Å². The summed E-state index contributed by atoms with van der Waals surface area (Å²) in [5, 5.41) is 2.81. The summed E-state index contributed by atoms with van der Waals surface area (Å²) in [6.45, 7) is 2.65. The van der Waals surface area contributed by atoms with E-state index in [1.165, 1.54) is 4.57 Å². The Morgan fingerprint density at radius 1 is 1.19 bits per heavy atom. The number of fused-ring (bicyclic) bond motifs is 1. The number of amides is 2. The summed E-state index contributed by atoms with van der Waals surface area (Å²) < 4.78 is 1.40. The number of aryl methyl sites for hydroxylation is 2. The van der Waals surface area contributed by atoms with Crippen LogP contribution >= 0.6 is 0 Å². The van der Waals surface area contributed by atoms with Crippen molar-refractivity contribution in [2.75, 3.05) is 11.9 Å². The lowest BCUT2D eigenvalue weighted by Gasteiger charge is -2.30. The van der Waals surface area contributed by atoms with Crippen LogP contribution in [0, 0.1) is 6.92 Å². The van der Waals surface area contributed by atoms with Gasteiger partial charge in [-0.2, -0.15) is 0 Å². The summed E-state index contributed by atoms with van der Waals surface area (Å²) in [7, 11) is 1.61. The molecular formula is C23H23N5O3. The summed E-state index contributed by atoms with van der Waals surface area (Å²) in [6.07, 6.45) is 7.24. The number of rotatable bonds is 4. The third kappa shape index (κ3) is 4.23. The van der Waals surface area contributed by atoms with Crippen molar-refractivity contribution in [3.05, 3.63) is 87.4 Å². The van der Waals surface area contributed by atoms with E-state index in [1.807, 2.05) is 25.1 Å². The van der Waals surface area contributed by atoms with E-state index in [2.05, 4.69) is 15.3 Å². The van der Waals surface area contributed by atoms with Gasteiger partial charge in [0.2, 0.25) is 5.91 Å². The molecule has 8 heteroatoms. The molecule has 3 aromatic heterocycles. The molecule has 4 heterocycles. The normalized spacial score (nSPS) is 12.9. The van der Waals surface area contributed by atoms with Gasteiger partial charge in [-0.05, 0) is 48.2 Å². The predicted molar refractivity (Wildman–Crippen MR) is 116 cm³/mol. The third-order valence-electron chi connectivity index (χ3n) is 5.49. The van der Waals surface area contributed by atoms with Crippen molar-refractivity contribution < 1.29 is 9.59 Å². The number of pyridine rings is 3. The Bertz CT molecular complexity index is 1200. The van der Waals surface area contributed by atoms with Gasteiger partial charge in [-0.15, -0.1) is 0 Å². The molecule has 0 fully saturated rings. The molecule has 0 aliphatic carbocycles. The van der Waals surface area contributed by atoms with Crippen LogP contribution in [0.25, 0.3) is 0 Å². The molecule has 0 spiro atoms. The second kappa shape index (κ2) is 8.51. The Hall–Kier alpha value is -3.81. The van der Waals surface area contributed by atoms with Gasteiger partial charge in [0.05, 0.1) is 18.3 Å². The van der Waals surface area contributed by atoms with Crippen molar-refractivity contribution in [1.82, 2.24) is 19.4 Å². The number of aromatic nitrogens is 3. The zero-order valence-corrected chi connectivity index (χ0v) is 17.5. The summed E-state index contributed by atoms with van der Waals surface area (Å²) in [4.78, 5) is 48.6. The Morgan fingerprint density at radius 2 is 2.03 bits per heavy atom. The fourth-order valence-electron chi connectivity index (χ4n) is 3.79. The fraction of sp³-hybridized carbons (Fsp3) is 0.261. The minimum atomic E-state index is -0.457. The first-order chi connectivity index (χ1) is 14.9. The molecule has 3 aromatic rings. The molecule has 31 heavy (non-hydrogen) atoms. The van der Waals surface area contributed by atoms with Gasteiger partial charge in [-0.3, -0.25) is 24.4 Å². The van der Waals surface area contributed by atoms with Crippen molar-refractivity contribution in [3.63, 3.8) is 0 Å². The molecule has 2 amide bonds. The molecule has 0 bridgehead atoms. The van der Waals surface area contributed by atoms with Crippen LogP contribution in [0.4, 0.5) is 5.69 Å². The van der Waals surface area contributed by atoms with Gasteiger partial charge in [0.1, 0.15) is 5.56 Å². The highest BCUT2D eigenvalue weighted by Crippen LogP contribution is 2.22. The van der Waals surface area contributed by atoms with Crippen molar-refractivity contribution in [2.45, 2.75) is 26.3 Å². The SMILES string of the molecule is Cc1ccncc1NC(=O)c1c2c(cn(C)c1=O)CN(C(=O)Cc1ccccn1)CC2. The number of carbonyl (C=O) groups excluding carboxylic acids is 2. The Morgan fingerprint density at radius 3 is 2.77 bits per heavy atom. The topological polar surface area (TPSA) is 97.2 Å². The van der Waals surface area contributed by atoms with E-state index in [9.17, 15) is 14.4 Å². The van der Waals surface area contributed by atoms with Crippen molar-refractivity contribution in [2.24, 2.45) is 7.05 Å². The first kappa shape index (κ1) is 20.5. The van der Waals surface area contributed by atoms with Crippen LogP contribution in [0.15, 0.2) is 53.8 Å². The maximum absolute atomic E-state index is 13.0. The van der Waals surface area contributed by atoms with E-state index in [0.29, 0.717) is 36.5 Å². The van der Waals surface area contributed by atoms with Crippen LogP contribution in [-0.4, -0.2) is 37.8 Å². The maximum Gasteiger partial charge on any atom is 0.263 e. The highest BCUT2D eigenvalue weighted by atomic mass is 16.2. The number of anilines is 1. The zero-order chi connectivity index (χ0) is 22.0. The second-order valence-corrected chi connectivity index (χ2v) is 7.63. The van der Waals surface area contributed by atoms with Crippen LogP contribution in [0.2, 0.25) is 0 Å². The van der Waals surface area contributed by atoms with E-state index < -0.39 is 5.91 Å². The molecule has 0 aromatic carbocycles. The summed E-state index contributed by atoms with van der Waals surface area (Å²) >= 11 is 0. The molecular weight excluding hydrogens is 394 g/mol. The van der Waals surface area contributed by atoms with Gasteiger partial charge in [0.25, 0.3) is 11.5 Å². The zero-order valence-electron chi connectivity index (χ0n) is 17.5. The lowest BCUT2D eigenvalue weighted by molar-refractivity contribution is -0.131. The average Bonchev–Trinajstić information content (AvgIpc) is 2.76. The van der Waals surface area contributed by atoms with E-state index in [0.717, 1.165) is 11.1 Å². The Kier molecular flexibility index (Phi) is 5.62. The number of hydrogen-bond donors (Lipinski definition) is 1. The fourth-order valence-corrected chi connectivity index (χ4v) is 3.79. The van der Waals surface area contributed by atoms with Crippen molar-refractivity contribution >= 4 is 17.5 Å². The Labute approximate surface area is 179 Å². The van der Waals surface area contributed by atoms with Crippen LogP contribution in [0.5, 0.6) is 0 Å². The molecule has 8 nitrogen and oxygen atoms in total. The first-order valence-corrected chi connectivity index (χ1v) is 10.0. The first-order valence-electron chi connectivity index (χ1n) is 10.0. The Balaban J connectivity index is 1.60. The van der Waals surface area contributed by atoms with Crippen molar-refractivity contribution in [3.8, 4) is 0 Å². The third-order valence-corrected chi connectivity index (χ3v) is 5.49. The molecule has 0 saturated heterocycles.